The highest BCUT2D eigenvalue weighted by Crippen LogP contribution is 2.34. The third kappa shape index (κ3) is 4.51. The molecule has 5 heteroatoms. The van der Waals surface area contributed by atoms with E-state index in [0.717, 1.165) is 44.9 Å². The third-order valence-electron chi connectivity index (χ3n) is 4.66. The number of ether oxygens (including phenoxy) is 2. The molecule has 0 N–H and O–H groups in total. The highest BCUT2D eigenvalue weighted by molar-refractivity contribution is 5.69. The molecule has 0 saturated heterocycles. The van der Waals surface area contributed by atoms with Crippen LogP contribution in [0.5, 0.6) is 11.6 Å². The van der Waals surface area contributed by atoms with Crippen LogP contribution in [0, 0.1) is 11.6 Å². The first-order chi connectivity index (χ1) is 12.7. The van der Waals surface area contributed by atoms with Crippen LogP contribution in [-0.2, 0) is 0 Å². The maximum Gasteiger partial charge on any atom is 0.221 e. The number of benzene rings is 1. The molecule has 1 saturated carbocycles. The van der Waals surface area contributed by atoms with Crippen LogP contribution < -0.4 is 9.47 Å². The average molecular weight is 361 g/mol. The Morgan fingerprint density at radius 3 is 2.54 bits per heavy atom. The monoisotopic (exact) mass is 361 g/mol. The fraction of sp³-hybridized carbons (Fsp3) is 0.476. The van der Waals surface area contributed by atoms with Gasteiger partial charge in [0, 0.05) is 11.8 Å². The Bertz CT molecular complexity index is 707. The molecule has 3 rings (SSSR count). The van der Waals surface area contributed by atoms with Crippen LogP contribution in [0.2, 0.25) is 0 Å². The van der Waals surface area contributed by atoms with Gasteiger partial charge in [0.15, 0.2) is 17.4 Å². The van der Waals surface area contributed by atoms with E-state index in [1.165, 1.54) is 12.1 Å². The molecule has 1 aromatic heterocycles. The molecule has 0 spiro atoms. The summed E-state index contributed by atoms with van der Waals surface area (Å²) in [6.07, 6.45) is 8.79. The minimum Gasteiger partial charge on any atom is -0.488 e. The first-order valence-electron chi connectivity index (χ1n) is 9.43. The number of halogens is 2. The van der Waals surface area contributed by atoms with Crippen molar-refractivity contribution in [2.45, 2.75) is 58.0 Å². The van der Waals surface area contributed by atoms with E-state index in [9.17, 15) is 8.78 Å². The third-order valence-corrected chi connectivity index (χ3v) is 4.66. The quantitative estimate of drug-likeness (QED) is 0.547. The van der Waals surface area contributed by atoms with E-state index in [1.807, 2.05) is 0 Å². The predicted molar refractivity (Wildman–Crippen MR) is 97.5 cm³/mol. The molecule has 1 aromatic carbocycles. The van der Waals surface area contributed by atoms with Crippen LogP contribution in [0.4, 0.5) is 8.78 Å². The summed E-state index contributed by atoms with van der Waals surface area (Å²) in [5.41, 5.74) is 0.997. The highest BCUT2D eigenvalue weighted by atomic mass is 19.1. The summed E-state index contributed by atoms with van der Waals surface area (Å²) in [5, 5.41) is 0. The summed E-state index contributed by atoms with van der Waals surface area (Å²) in [5.74, 6) is -1.29. The van der Waals surface area contributed by atoms with Crippen LogP contribution in [0.15, 0.2) is 30.5 Å². The normalized spacial score (nSPS) is 14.6. The van der Waals surface area contributed by atoms with E-state index in [1.54, 1.807) is 18.3 Å². The first-order valence-corrected chi connectivity index (χ1v) is 9.43. The lowest BCUT2D eigenvalue weighted by molar-refractivity contribution is 0.202. The Hall–Kier alpha value is -2.17. The molecule has 0 bridgehead atoms. The first kappa shape index (κ1) is 18.6. The van der Waals surface area contributed by atoms with Crippen molar-refractivity contribution < 1.29 is 18.3 Å². The van der Waals surface area contributed by atoms with Gasteiger partial charge in [0.05, 0.1) is 6.61 Å². The summed E-state index contributed by atoms with van der Waals surface area (Å²) in [6.45, 7) is 2.37. The zero-order chi connectivity index (χ0) is 18.4. The standard InChI is InChI=1S/C21H25F2NO2/c1-2-3-6-12-25-20-18(22)13-15(14-19(20)23)17-10-7-11-24-21(17)26-16-8-4-5-9-16/h7,10-11,13-14,16H,2-6,8-9,12H2,1H3. The molecule has 3 nitrogen and oxygen atoms in total. The van der Waals surface area contributed by atoms with E-state index >= 15 is 0 Å². The van der Waals surface area contributed by atoms with Crippen molar-refractivity contribution in [2.75, 3.05) is 6.61 Å². The lowest BCUT2D eigenvalue weighted by atomic mass is 10.1. The predicted octanol–water partition coefficient (Wildman–Crippen LogP) is 5.92. The van der Waals surface area contributed by atoms with Crippen molar-refractivity contribution in [3.63, 3.8) is 0 Å². The van der Waals surface area contributed by atoms with E-state index in [2.05, 4.69) is 11.9 Å². The Morgan fingerprint density at radius 2 is 1.85 bits per heavy atom. The van der Waals surface area contributed by atoms with Crippen LogP contribution in [0.3, 0.4) is 0 Å². The maximum absolute atomic E-state index is 14.4. The molecular weight excluding hydrogens is 336 g/mol. The van der Waals surface area contributed by atoms with Gasteiger partial charge in [-0.25, -0.2) is 13.8 Å². The number of rotatable bonds is 8. The minimum absolute atomic E-state index is 0.125. The maximum atomic E-state index is 14.4. The Balaban J connectivity index is 1.81. The molecule has 0 aliphatic heterocycles. The fourth-order valence-electron chi connectivity index (χ4n) is 3.25. The van der Waals surface area contributed by atoms with Crippen molar-refractivity contribution in [2.24, 2.45) is 0 Å². The van der Waals surface area contributed by atoms with E-state index in [4.69, 9.17) is 9.47 Å². The van der Waals surface area contributed by atoms with Gasteiger partial charge in [-0.1, -0.05) is 19.8 Å². The molecule has 0 atom stereocenters. The van der Waals surface area contributed by atoms with Crippen molar-refractivity contribution in [3.05, 3.63) is 42.1 Å². The number of hydrogen-bond donors (Lipinski definition) is 0. The SMILES string of the molecule is CCCCCOc1c(F)cc(-c2cccnc2OC2CCCC2)cc1F. The van der Waals surface area contributed by atoms with Gasteiger partial charge in [0.2, 0.25) is 5.88 Å². The summed E-state index contributed by atoms with van der Waals surface area (Å²) >= 11 is 0. The second kappa shape index (κ2) is 8.97. The molecule has 0 unspecified atom stereocenters. The van der Waals surface area contributed by atoms with Crippen LogP contribution >= 0.6 is 0 Å². The van der Waals surface area contributed by atoms with E-state index < -0.39 is 11.6 Å². The van der Waals surface area contributed by atoms with Crippen molar-refractivity contribution >= 4 is 0 Å². The summed E-state index contributed by atoms with van der Waals surface area (Å²) in [4.78, 5) is 4.27. The van der Waals surface area contributed by atoms with Gasteiger partial charge in [-0.3, -0.25) is 0 Å². The van der Waals surface area contributed by atoms with Crippen molar-refractivity contribution in [3.8, 4) is 22.8 Å². The van der Waals surface area contributed by atoms with Crippen LogP contribution in [-0.4, -0.2) is 17.7 Å². The van der Waals surface area contributed by atoms with Crippen LogP contribution in [0.25, 0.3) is 11.1 Å². The van der Waals surface area contributed by atoms with Gasteiger partial charge in [-0.05, 0) is 61.9 Å². The zero-order valence-electron chi connectivity index (χ0n) is 15.1. The second-order valence-corrected chi connectivity index (χ2v) is 6.71. The summed E-state index contributed by atoms with van der Waals surface area (Å²) < 4.78 is 40.1. The molecule has 1 aliphatic carbocycles. The Labute approximate surface area is 153 Å². The lowest BCUT2D eigenvalue weighted by Crippen LogP contribution is -2.12. The molecule has 0 radical (unpaired) electrons. The average Bonchev–Trinajstić information content (AvgIpc) is 3.14. The smallest absolute Gasteiger partial charge is 0.221 e. The summed E-state index contributed by atoms with van der Waals surface area (Å²) in [6, 6.07) is 6.09. The fourth-order valence-corrected chi connectivity index (χ4v) is 3.25. The number of hydrogen-bond acceptors (Lipinski definition) is 3. The van der Waals surface area contributed by atoms with Gasteiger partial charge in [-0.15, -0.1) is 0 Å². The molecule has 2 aromatic rings. The lowest BCUT2D eigenvalue weighted by Gasteiger charge is -2.16. The highest BCUT2D eigenvalue weighted by Gasteiger charge is 2.20. The Kier molecular flexibility index (Phi) is 6.42. The number of unbranched alkanes of at least 4 members (excludes halogenated alkanes) is 2. The van der Waals surface area contributed by atoms with E-state index in [-0.39, 0.29) is 11.9 Å². The number of aromatic nitrogens is 1. The van der Waals surface area contributed by atoms with Gasteiger partial charge >= 0.3 is 0 Å². The van der Waals surface area contributed by atoms with Crippen molar-refractivity contribution in [1.82, 2.24) is 4.98 Å². The van der Waals surface area contributed by atoms with Gasteiger partial charge in [0.25, 0.3) is 0 Å². The number of pyridine rings is 1. The molecule has 1 aliphatic rings. The van der Waals surface area contributed by atoms with Gasteiger partial charge < -0.3 is 9.47 Å². The molecule has 26 heavy (non-hydrogen) atoms. The summed E-state index contributed by atoms with van der Waals surface area (Å²) in [7, 11) is 0. The molecule has 140 valence electrons. The van der Waals surface area contributed by atoms with Crippen LogP contribution in [0.1, 0.15) is 51.9 Å². The molecular formula is C21H25F2NO2. The number of nitrogens with zero attached hydrogens (tertiary/aromatic N) is 1. The largest absolute Gasteiger partial charge is 0.488 e. The van der Waals surface area contributed by atoms with Crippen molar-refractivity contribution in [1.29, 1.82) is 0 Å². The second-order valence-electron chi connectivity index (χ2n) is 6.71. The zero-order valence-corrected chi connectivity index (χ0v) is 15.1. The van der Waals surface area contributed by atoms with E-state index in [0.29, 0.717) is 23.6 Å². The Morgan fingerprint density at radius 1 is 1.12 bits per heavy atom. The molecule has 1 fully saturated rings. The topological polar surface area (TPSA) is 31.4 Å². The van der Waals surface area contributed by atoms with Gasteiger partial charge in [0.1, 0.15) is 6.10 Å². The molecule has 1 heterocycles. The minimum atomic E-state index is -0.702. The molecule has 0 amide bonds. The van der Waals surface area contributed by atoms with Gasteiger partial charge in [-0.2, -0.15) is 0 Å².